The summed E-state index contributed by atoms with van der Waals surface area (Å²) >= 11 is 1.26. The molecule has 5 nitrogen and oxygen atoms in total. The number of nitrogens with one attached hydrogen (secondary N) is 1. The van der Waals surface area contributed by atoms with Gasteiger partial charge in [0.2, 0.25) is 5.91 Å². The predicted octanol–water partition coefficient (Wildman–Crippen LogP) is 4.01. The average molecular weight is 390 g/mol. The van der Waals surface area contributed by atoms with Gasteiger partial charge in [0.15, 0.2) is 0 Å². The van der Waals surface area contributed by atoms with Crippen LogP contribution in [0.25, 0.3) is 11.1 Å². The standard InChI is InChI=1S/C20H23FN2O3S/c1-13-4-3-9-23(10-13)11-17(24)22-19-18(20(25)26-2)16(12-27-19)14-5-7-15(21)8-6-14/h5-8,12-13H,3-4,9-11H2,1-2H3,(H,22,24)/t13-/m0/s1. The van der Waals surface area contributed by atoms with Crippen LogP contribution in [0.15, 0.2) is 29.6 Å². The van der Waals surface area contributed by atoms with E-state index in [9.17, 15) is 14.0 Å². The molecule has 0 spiro atoms. The molecule has 1 aromatic heterocycles. The Balaban J connectivity index is 1.79. The molecule has 3 rings (SSSR count). The zero-order chi connectivity index (χ0) is 19.4. The molecule has 0 radical (unpaired) electrons. The molecule has 0 aliphatic carbocycles. The number of hydrogen-bond donors (Lipinski definition) is 1. The lowest BCUT2D eigenvalue weighted by atomic mass is 10.0. The van der Waals surface area contributed by atoms with Crippen molar-refractivity contribution >= 4 is 28.2 Å². The number of esters is 1. The molecule has 1 atom stereocenters. The van der Waals surface area contributed by atoms with Crippen molar-refractivity contribution in [3.8, 4) is 11.1 Å². The monoisotopic (exact) mass is 390 g/mol. The third-order valence-corrected chi connectivity index (χ3v) is 5.59. The van der Waals surface area contributed by atoms with E-state index in [0.717, 1.165) is 19.5 Å². The highest BCUT2D eigenvalue weighted by Crippen LogP contribution is 2.36. The second-order valence-corrected chi connectivity index (χ2v) is 7.76. The largest absolute Gasteiger partial charge is 0.465 e. The van der Waals surface area contributed by atoms with Crippen LogP contribution in [-0.2, 0) is 9.53 Å². The van der Waals surface area contributed by atoms with E-state index >= 15 is 0 Å². The van der Waals surface area contributed by atoms with Crippen molar-refractivity contribution in [3.63, 3.8) is 0 Å². The number of methoxy groups -OCH3 is 1. The van der Waals surface area contributed by atoms with E-state index in [2.05, 4.69) is 17.1 Å². The van der Waals surface area contributed by atoms with E-state index < -0.39 is 5.97 Å². The molecule has 7 heteroatoms. The van der Waals surface area contributed by atoms with Gasteiger partial charge in [-0.2, -0.15) is 0 Å². The molecule has 27 heavy (non-hydrogen) atoms. The van der Waals surface area contributed by atoms with Gasteiger partial charge in [-0.3, -0.25) is 9.69 Å². The highest BCUT2D eigenvalue weighted by Gasteiger charge is 2.24. The van der Waals surface area contributed by atoms with Crippen molar-refractivity contribution in [1.29, 1.82) is 0 Å². The molecule has 0 bridgehead atoms. The van der Waals surface area contributed by atoms with Crippen LogP contribution in [0.4, 0.5) is 9.39 Å². The molecule has 1 aliphatic rings. The van der Waals surface area contributed by atoms with E-state index in [4.69, 9.17) is 4.74 Å². The number of likely N-dealkylation sites (tertiary alicyclic amines) is 1. The number of amides is 1. The van der Waals surface area contributed by atoms with Gasteiger partial charge in [-0.25, -0.2) is 9.18 Å². The number of hydrogen-bond acceptors (Lipinski definition) is 5. The summed E-state index contributed by atoms with van der Waals surface area (Å²) in [6.45, 7) is 4.30. The quantitative estimate of drug-likeness (QED) is 0.784. The van der Waals surface area contributed by atoms with Crippen LogP contribution in [0.3, 0.4) is 0 Å². The number of rotatable bonds is 5. The van der Waals surface area contributed by atoms with E-state index in [1.165, 1.54) is 37.0 Å². The first-order chi connectivity index (χ1) is 13.0. The first kappa shape index (κ1) is 19.5. The van der Waals surface area contributed by atoms with Crippen LogP contribution in [0.2, 0.25) is 0 Å². The first-order valence-corrected chi connectivity index (χ1v) is 9.84. The van der Waals surface area contributed by atoms with Crippen LogP contribution in [0, 0.1) is 11.7 Å². The second kappa shape index (κ2) is 8.63. The molecule has 1 fully saturated rings. The molecule has 144 valence electrons. The van der Waals surface area contributed by atoms with Crippen molar-refractivity contribution in [1.82, 2.24) is 4.90 Å². The maximum atomic E-state index is 13.2. The normalized spacial score (nSPS) is 17.5. The summed E-state index contributed by atoms with van der Waals surface area (Å²) in [5.74, 6) is -0.443. The molecular weight excluding hydrogens is 367 g/mol. The van der Waals surface area contributed by atoms with Gasteiger partial charge in [0.25, 0.3) is 0 Å². The van der Waals surface area contributed by atoms with Gasteiger partial charge < -0.3 is 10.1 Å². The third-order valence-electron chi connectivity index (χ3n) is 4.70. The highest BCUT2D eigenvalue weighted by molar-refractivity contribution is 7.15. The van der Waals surface area contributed by atoms with Crippen molar-refractivity contribution in [2.75, 3.05) is 32.1 Å². The lowest BCUT2D eigenvalue weighted by molar-refractivity contribution is -0.117. The van der Waals surface area contributed by atoms with E-state index in [1.807, 2.05) is 0 Å². The average Bonchev–Trinajstić information content (AvgIpc) is 3.05. The molecule has 1 N–H and O–H groups in total. The van der Waals surface area contributed by atoms with Crippen molar-refractivity contribution < 1.29 is 18.7 Å². The Morgan fingerprint density at radius 2 is 2.07 bits per heavy atom. The summed E-state index contributed by atoms with van der Waals surface area (Å²) in [5.41, 5.74) is 1.61. The zero-order valence-electron chi connectivity index (χ0n) is 15.5. The molecule has 2 heterocycles. The summed E-state index contributed by atoms with van der Waals surface area (Å²) in [7, 11) is 1.30. The molecule has 2 aromatic rings. The van der Waals surface area contributed by atoms with Gasteiger partial charge in [-0.05, 0) is 43.0 Å². The number of anilines is 1. The zero-order valence-corrected chi connectivity index (χ0v) is 16.3. The lowest BCUT2D eigenvalue weighted by Crippen LogP contribution is -2.39. The maximum absolute atomic E-state index is 13.2. The smallest absolute Gasteiger partial charge is 0.341 e. The summed E-state index contributed by atoms with van der Waals surface area (Å²) in [6.07, 6.45) is 2.28. The van der Waals surface area contributed by atoms with Crippen LogP contribution in [0.5, 0.6) is 0 Å². The number of halogens is 1. The molecule has 1 saturated heterocycles. The van der Waals surface area contributed by atoms with Crippen LogP contribution in [0.1, 0.15) is 30.1 Å². The van der Waals surface area contributed by atoms with Gasteiger partial charge in [-0.1, -0.05) is 19.1 Å². The SMILES string of the molecule is COC(=O)c1c(-c2ccc(F)cc2)csc1NC(=O)CN1CCC[C@H](C)C1. The Morgan fingerprint density at radius 3 is 2.74 bits per heavy atom. The number of ether oxygens (including phenoxy) is 1. The molecule has 1 aromatic carbocycles. The fraction of sp³-hybridized carbons (Fsp3) is 0.400. The topological polar surface area (TPSA) is 58.6 Å². The van der Waals surface area contributed by atoms with Crippen LogP contribution in [-0.4, -0.2) is 43.5 Å². The van der Waals surface area contributed by atoms with Crippen molar-refractivity contribution in [2.45, 2.75) is 19.8 Å². The van der Waals surface area contributed by atoms with Gasteiger partial charge in [0, 0.05) is 17.5 Å². The van der Waals surface area contributed by atoms with E-state index in [-0.39, 0.29) is 11.7 Å². The molecule has 0 unspecified atom stereocenters. The first-order valence-electron chi connectivity index (χ1n) is 8.96. The van der Waals surface area contributed by atoms with Gasteiger partial charge in [0.1, 0.15) is 16.4 Å². The number of piperidine rings is 1. The number of carbonyl (C=O) groups excluding carboxylic acids is 2. The summed E-state index contributed by atoms with van der Waals surface area (Å²) in [5, 5.41) is 5.08. The van der Waals surface area contributed by atoms with Gasteiger partial charge in [0.05, 0.1) is 13.7 Å². The summed E-state index contributed by atoms with van der Waals surface area (Å²) in [6, 6.07) is 5.88. The fourth-order valence-corrected chi connectivity index (χ4v) is 4.37. The summed E-state index contributed by atoms with van der Waals surface area (Å²) in [4.78, 5) is 26.9. The Kier molecular flexibility index (Phi) is 6.23. The lowest BCUT2D eigenvalue weighted by Gasteiger charge is -2.30. The molecule has 1 aliphatic heterocycles. The van der Waals surface area contributed by atoms with E-state index in [1.54, 1.807) is 17.5 Å². The number of carbonyl (C=O) groups is 2. The Morgan fingerprint density at radius 1 is 1.33 bits per heavy atom. The van der Waals surface area contributed by atoms with Crippen LogP contribution < -0.4 is 5.32 Å². The molecule has 0 saturated carbocycles. The predicted molar refractivity (Wildman–Crippen MR) is 105 cm³/mol. The van der Waals surface area contributed by atoms with Crippen molar-refractivity contribution in [3.05, 3.63) is 41.0 Å². The Hall–Kier alpha value is -2.25. The van der Waals surface area contributed by atoms with Gasteiger partial charge >= 0.3 is 5.97 Å². The van der Waals surface area contributed by atoms with Crippen molar-refractivity contribution in [2.24, 2.45) is 5.92 Å². The van der Waals surface area contributed by atoms with Gasteiger partial charge in [-0.15, -0.1) is 11.3 Å². The van der Waals surface area contributed by atoms with E-state index in [0.29, 0.717) is 34.2 Å². The Labute approximate surface area is 162 Å². The minimum Gasteiger partial charge on any atom is -0.465 e. The fourth-order valence-electron chi connectivity index (χ4n) is 3.40. The Bertz CT molecular complexity index is 819. The number of thiophene rings is 1. The second-order valence-electron chi connectivity index (χ2n) is 6.88. The minimum atomic E-state index is -0.530. The summed E-state index contributed by atoms with van der Waals surface area (Å²) < 4.78 is 18.1. The third kappa shape index (κ3) is 4.73. The van der Waals surface area contributed by atoms with Crippen LogP contribution >= 0.6 is 11.3 Å². The molecular formula is C20H23FN2O3S. The highest BCUT2D eigenvalue weighted by atomic mass is 32.1. The number of benzene rings is 1. The molecule has 1 amide bonds. The maximum Gasteiger partial charge on any atom is 0.341 e. The minimum absolute atomic E-state index is 0.151. The number of nitrogens with zero attached hydrogens (tertiary/aromatic N) is 1.